The summed E-state index contributed by atoms with van der Waals surface area (Å²) in [6.07, 6.45) is 6.20. The number of aromatic nitrogens is 2. The van der Waals surface area contributed by atoms with Crippen LogP contribution in [0.15, 0.2) is 48.8 Å². The van der Waals surface area contributed by atoms with E-state index in [1.165, 1.54) is 5.69 Å². The Kier molecular flexibility index (Phi) is 4.09. The van der Waals surface area contributed by atoms with Crippen molar-refractivity contribution in [3.63, 3.8) is 0 Å². The first-order chi connectivity index (χ1) is 11.8. The van der Waals surface area contributed by atoms with E-state index in [-0.39, 0.29) is 6.10 Å². The fourth-order valence-electron chi connectivity index (χ4n) is 3.40. The first-order valence-corrected chi connectivity index (χ1v) is 8.43. The molecular formula is C19H22N4O. The zero-order valence-corrected chi connectivity index (χ0v) is 13.6. The summed E-state index contributed by atoms with van der Waals surface area (Å²) in [4.78, 5) is 9.85. The third-order valence-electron chi connectivity index (χ3n) is 4.59. The molecule has 1 aliphatic rings. The molecule has 0 aliphatic carbocycles. The maximum atomic E-state index is 6.24. The van der Waals surface area contributed by atoms with E-state index in [9.17, 15) is 0 Å². The SMILES string of the molecule is Nc1nccc2cc(O[C@H]3CCCN(Cc4ccc[nH]4)C3)ccc12. The number of H-pyrrole nitrogens is 1. The summed E-state index contributed by atoms with van der Waals surface area (Å²) < 4.78 is 6.24. The molecule has 3 heterocycles. The van der Waals surface area contributed by atoms with Crippen molar-refractivity contribution < 1.29 is 4.74 Å². The molecule has 1 aromatic carbocycles. The lowest BCUT2D eigenvalue weighted by Gasteiger charge is -2.32. The second kappa shape index (κ2) is 6.53. The number of benzene rings is 1. The fourth-order valence-corrected chi connectivity index (χ4v) is 3.40. The van der Waals surface area contributed by atoms with Crippen molar-refractivity contribution >= 4 is 16.6 Å². The molecule has 0 radical (unpaired) electrons. The molecule has 0 bridgehead atoms. The predicted octanol–water partition coefficient (Wildman–Crippen LogP) is 3.19. The van der Waals surface area contributed by atoms with Gasteiger partial charge in [0.25, 0.3) is 0 Å². The second-order valence-corrected chi connectivity index (χ2v) is 6.39. The molecule has 0 unspecified atom stereocenters. The van der Waals surface area contributed by atoms with E-state index in [1.54, 1.807) is 6.20 Å². The average Bonchev–Trinajstić information content (AvgIpc) is 3.08. The lowest BCUT2D eigenvalue weighted by Crippen LogP contribution is -2.40. The number of rotatable bonds is 4. The predicted molar refractivity (Wildman–Crippen MR) is 95.9 cm³/mol. The van der Waals surface area contributed by atoms with Crippen molar-refractivity contribution in [1.82, 2.24) is 14.9 Å². The van der Waals surface area contributed by atoms with Gasteiger partial charge in [0.05, 0.1) is 0 Å². The van der Waals surface area contributed by atoms with Crippen molar-refractivity contribution in [3.8, 4) is 5.75 Å². The normalized spacial score (nSPS) is 18.8. The lowest BCUT2D eigenvalue weighted by molar-refractivity contribution is 0.0838. The fraction of sp³-hybridized carbons (Fsp3) is 0.316. The van der Waals surface area contributed by atoms with E-state index in [4.69, 9.17) is 10.5 Å². The van der Waals surface area contributed by atoms with Crippen LogP contribution in [0, 0.1) is 0 Å². The monoisotopic (exact) mass is 322 g/mol. The molecule has 0 amide bonds. The van der Waals surface area contributed by atoms with E-state index in [2.05, 4.69) is 27.0 Å². The molecule has 24 heavy (non-hydrogen) atoms. The average molecular weight is 322 g/mol. The summed E-state index contributed by atoms with van der Waals surface area (Å²) in [6, 6.07) is 12.2. The topological polar surface area (TPSA) is 67.2 Å². The van der Waals surface area contributed by atoms with Crippen molar-refractivity contribution in [3.05, 3.63) is 54.5 Å². The third kappa shape index (κ3) is 3.21. The number of pyridine rings is 1. The zero-order chi connectivity index (χ0) is 16.4. The number of nitrogens with zero attached hydrogens (tertiary/aromatic N) is 2. The van der Waals surface area contributed by atoms with E-state index in [1.807, 2.05) is 30.5 Å². The molecule has 1 saturated heterocycles. The Morgan fingerprint density at radius 3 is 3.12 bits per heavy atom. The number of ether oxygens (including phenoxy) is 1. The number of nitrogen functional groups attached to an aromatic ring is 1. The number of hydrogen-bond acceptors (Lipinski definition) is 4. The smallest absolute Gasteiger partial charge is 0.131 e. The summed E-state index contributed by atoms with van der Waals surface area (Å²) in [7, 11) is 0. The van der Waals surface area contributed by atoms with Crippen molar-refractivity contribution in [2.24, 2.45) is 0 Å². The van der Waals surface area contributed by atoms with Crippen LogP contribution in [0.4, 0.5) is 5.82 Å². The minimum absolute atomic E-state index is 0.227. The highest BCUT2D eigenvalue weighted by molar-refractivity contribution is 5.91. The molecule has 1 fully saturated rings. The van der Waals surface area contributed by atoms with Gasteiger partial charge in [-0.25, -0.2) is 4.98 Å². The number of likely N-dealkylation sites (tertiary alicyclic amines) is 1. The van der Waals surface area contributed by atoms with E-state index < -0.39 is 0 Å². The zero-order valence-electron chi connectivity index (χ0n) is 13.6. The summed E-state index contributed by atoms with van der Waals surface area (Å²) >= 11 is 0. The summed E-state index contributed by atoms with van der Waals surface area (Å²) in [5, 5.41) is 2.04. The number of nitrogens with one attached hydrogen (secondary N) is 1. The lowest BCUT2D eigenvalue weighted by atomic mass is 10.1. The van der Waals surface area contributed by atoms with Crippen LogP contribution < -0.4 is 10.5 Å². The number of piperidine rings is 1. The van der Waals surface area contributed by atoms with Gasteiger partial charge in [-0.2, -0.15) is 0 Å². The van der Waals surface area contributed by atoms with Crippen LogP contribution in [-0.4, -0.2) is 34.1 Å². The van der Waals surface area contributed by atoms with Gasteiger partial charge in [-0.1, -0.05) is 0 Å². The standard InChI is InChI=1S/C19H22N4O/c20-19-18-6-5-16(11-14(18)7-9-22-19)24-17-4-2-10-23(13-17)12-15-3-1-8-21-15/h1,3,5-9,11,17,21H,2,4,10,12-13H2,(H2,20,22)/t17-/m0/s1. The molecule has 4 rings (SSSR count). The van der Waals surface area contributed by atoms with Crippen molar-refractivity contribution in [2.45, 2.75) is 25.5 Å². The Morgan fingerprint density at radius 1 is 1.29 bits per heavy atom. The van der Waals surface area contributed by atoms with Gasteiger partial charge in [-0.15, -0.1) is 0 Å². The van der Waals surface area contributed by atoms with Gasteiger partial charge in [0.15, 0.2) is 0 Å². The number of aromatic amines is 1. The number of hydrogen-bond donors (Lipinski definition) is 2. The second-order valence-electron chi connectivity index (χ2n) is 6.39. The first-order valence-electron chi connectivity index (χ1n) is 8.43. The van der Waals surface area contributed by atoms with E-state index in [0.717, 1.165) is 49.0 Å². The Morgan fingerprint density at radius 2 is 2.25 bits per heavy atom. The molecular weight excluding hydrogens is 300 g/mol. The molecule has 1 aliphatic heterocycles. The Bertz CT molecular complexity index is 815. The van der Waals surface area contributed by atoms with Gasteiger partial charge >= 0.3 is 0 Å². The van der Waals surface area contributed by atoms with Crippen molar-refractivity contribution in [2.75, 3.05) is 18.8 Å². The molecule has 124 valence electrons. The van der Waals surface area contributed by atoms with Crippen LogP contribution in [0.5, 0.6) is 5.75 Å². The van der Waals surface area contributed by atoms with Gasteiger partial charge in [-0.05, 0) is 61.2 Å². The number of nitrogens with two attached hydrogens (primary N) is 1. The highest BCUT2D eigenvalue weighted by atomic mass is 16.5. The molecule has 1 atom stereocenters. The van der Waals surface area contributed by atoms with Crippen LogP contribution in [0.25, 0.3) is 10.8 Å². The van der Waals surface area contributed by atoms with Gasteiger partial charge in [0.2, 0.25) is 0 Å². The Labute approximate surface area is 141 Å². The Hall–Kier alpha value is -2.53. The van der Waals surface area contributed by atoms with Crippen LogP contribution in [0.1, 0.15) is 18.5 Å². The van der Waals surface area contributed by atoms with Crippen LogP contribution in [0.2, 0.25) is 0 Å². The molecule has 5 nitrogen and oxygen atoms in total. The molecule has 0 saturated carbocycles. The Balaban J connectivity index is 1.44. The van der Waals surface area contributed by atoms with Crippen LogP contribution >= 0.6 is 0 Å². The van der Waals surface area contributed by atoms with E-state index >= 15 is 0 Å². The highest BCUT2D eigenvalue weighted by Crippen LogP contribution is 2.26. The molecule has 0 spiro atoms. The summed E-state index contributed by atoms with van der Waals surface area (Å²) in [5.74, 6) is 1.47. The minimum Gasteiger partial charge on any atom is -0.489 e. The first kappa shape index (κ1) is 15.0. The van der Waals surface area contributed by atoms with Gasteiger partial charge in [0, 0.05) is 36.6 Å². The third-order valence-corrected chi connectivity index (χ3v) is 4.59. The minimum atomic E-state index is 0.227. The van der Waals surface area contributed by atoms with Crippen LogP contribution in [-0.2, 0) is 6.54 Å². The van der Waals surface area contributed by atoms with Crippen LogP contribution in [0.3, 0.4) is 0 Å². The van der Waals surface area contributed by atoms with Crippen molar-refractivity contribution in [1.29, 1.82) is 0 Å². The highest BCUT2D eigenvalue weighted by Gasteiger charge is 2.21. The van der Waals surface area contributed by atoms with Gasteiger partial charge in [-0.3, -0.25) is 4.90 Å². The summed E-state index contributed by atoms with van der Waals surface area (Å²) in [5.41, 5.74) is 7.17. The molecule has 5 heteroatoms. The largest absolute Gasteiger partial charge is 0.489 e. The maximum Gasteiger partial charge on any atom is 0.131 e. The maximum absolute atomic E-state index is 6.24. The molecule has 3 N–H and O–H groups in total. The number of anilines is 1. The van der Waals surface area contributed by atoms with E-state index in [0.29, 0.717) is 5.82 Å². The van der Waals surface area contributed by atoms with Gasteiger partial charge < -0.3 is 15.5 Å². The number of fused-ring (bicyclic) bond motifs is 1. The summed E-state index contributed by atoms with van der Waals surface area (Å²) in [6.45, 7) is 3.03. The quantitative estimate of drug-likeness (QED) is 0.774. The molecule has 2 aromatic heterocycles. The molecule has 3 aromatic rings. The van der Waals surface area contributed by atoms with Gasteiger partial charge in [0.1, 0.15) is 17.7 Å².